The Balaban J connectivity index is 2.14. The largest absolute Gasteiger partial charge is 0.465 e. The topological polar surface area (TPSA) is 81.4 Å². The molecule has 3 N–H and O–H groups in total. The predicted molar refractivity (Wildman–Crippen MR) is 88.1 cm³/mol. The lowest BCUT2D eigenvalue weighted by Gasteiger charge is -2.07. The Labute approximate surface area is 133 Å². The fraction of sp³-hybridized carbons (Fsp3) is 0.0625. The Kier molecular flexibility index (Phi) is 4.85. The van der Waals surface area contributed by atoms with Crippen molar-refractivity contribution in [2.45, 2.75) is 0 Å². The molecule has 6 heteroatoms. The van der Waals surface area contributed by atoms with E-state index in [-0.39, 0.29) is 10.9 Å². The first-order valence-corrected chi connectivity index (χ1v) is 6.81. The highest BCUT2D eigenvalue weighted by Crippen LogP contribution is 2.13. The van der Waals surface area contributed by atoms with Crippen molar-refractivity contribution < 1.29 is 14.3 Å². The quantitative estimate of drug-likeness (QED) is 0.669. The van der Waals surface area contributed by atoms with Gasteiger partial charge in [0.1, 0.15) is 4.99 Å². The Morgan fingerprint density at radius 2 is 1.68 bits per heavy atom. The smallest absolute Gasteiger partial charge is 0.337 e. The van der Waals surface area contributed by atoms with Crippen molar-refractivity contribution in [1.29, 1.82) is 0 Å². The van der Waals surface area contributed by atoms with E-state index >= 15 is 0 Å². The van der Waals surface area contributed by atoms with E-state index in [1.54, 1.807) is 48.5 Å². The lowest BCUT2D eigenvalue weighted by Crippen LogP contribution is -2.14. The van der Waals surface area contributed by atoms with Gasteiger partial charge in [0, 0.05) is 16.8 Å². The van der Waals surface area contributed by atoms with Crippen LogP contribution in [-0.4, -0.2) is 24.0 Å². The van der Waals surface area contributed by atoms with Crippen LogP contribution in [-0.2, 0) is 4.74 Å². The van der Waals surface area contributed by atoms with Crippen molar-refractivity contribution in [2.24, 2.45) is 5.73 Å². The first-order chi connectivity index (χ1) is 10.5. The highest BCUT2D eigenvalue weighted by atomic mass is 32.1. The van der Waals surface area contributed by atoms with Gasteiger partial charge >= 0.3 is 5.97 Å². The number of nitrogens with two attached hydrogens (primary N) is 1. The number of carbonyl (C=O) groups excluding carboxylic acids is 2. The number of methoxy groups -OCH3 is 1. The van der Waals surface area contributed by atoms with Crippen LogP contribution in [0.15, 0.2) is 48.5 Å². The summed E-state index contributed by atoms with van der Waals surface area (Å²) in [4.78, 5) is 23.9. The minimum Gasteiger partial charge on any atom is -0.465 e. The van der Waals surface area contributed by atoms with Crippen molar-refractivity contribution in [2.75, 3.05) is 12.4 Å². The summed E-state index contributed by atoms with van der Waals surface area (Å²) in [6.07, 6.45) is 0. The fourth-order valence-corrected chi connectivity index (χ4v) is 1.97. The highest BCUT2D eigenvalue weighted by molar-refractivity contribution is 7.80. The molecule has 5 nitrogen and oxygen atoms in total. The molecule has 22 heavy (non-hydrogen) atoms. The summed E-state index contributed by atoms with van der Waals surface area (Å²) in [5.74, 6) is -0.756. The van der Waals surface area contributed by atoms with Gasteiger partial charge < -0.3 is 15.8 Å². The minimum absolute atomic E-state index is 0.276. The van der Waals surface area contributed by atoms with E-state index in [4.69, 9.17) is 18.0 Å². The number of thiocarbonyl (C=S) groups is 1. The summed E-state index contributed by atoms with van der Waals surface area (Å²) in [7, 11) is 1.30. The number of benzene rings is 2. The third-order valence-corrected chi connectivity index (χ3v) is 3.21. The van der Waals surface area contributed by atoms with Crippen LogP contribution in [0.2, 0.25) is 0 Å². The van der Waals surface area contributed by atoms with Crippen molar-refractivity contribution in [3.63, 3.8) is 0 Å². The third-order valence-electron chi connectivity index (χ3n) is 2.97. The molecule has 0 heterocycles. The number of amides is 1. The molecule has 0 atom stereocenters. The van der Waals surface area contributed by atoms with Gasteiger partial charge in [0.05, 0.1) is 12.7 Å². The molecule has 2 aromatic carbocycles. The summed E-state index contributed by atoms with van der Waals surface area (Å²) in [5, 5.41) is 2.72. The molecule has 1 amide bonds. The maximum Gasteiger partial charge on any atom is 0.337 e. The average molecular weight is 314 g/mol. The number of hydrogen-bond donors (Lipinski definition) is 2. The van der Waals surface area contributed by atoms with E-state index < -0.39 is 5.97 Å². The Bertz CT molecular complexity index is 726. The second kappa shape index (κ2) is 6.82. The summed E-state index contributed by atoms with van der Waals surface area (Å²) in [6, 6.07) is 13.1. The summed E-state index contributed by atoms with van der Waals surface area (Å²) in [5.41, 5.74) is 7.53. The van der Waals surface area contributed by atoms with Gasteiger partial charge in [0.25, 0.3) is 5.91 Å². The summed E-state index contributed by atoms with van der Waals surface area (Å²) < 4.78 is 4.64. The van der Waals surface area contributed by atoms with Crippen LogP contribution in [0.4, 0.5) is 5.69 Å². The molecule has 112 valence electrons. The van der Waals surface area contributed by atoms with Crippen LogP contribution < -0.4 is 11.1 Å². The molecule has 0 aromatic heterocycles. The van der Waals surface area contributed by atoms with E-state index in [2.05, 4.69) is 10.1 Å². The SMILES string of the molecule is COC(=O)c1cccc(NC(=O)c2ccc(C(N)=S)cc2)c1. The zero-order chi connectivity index (χ0) is 16.1. The van der Waals surface area contributed by atoms with Crippen LogP contribution in [0.1, 0.15) is 26.3 Å². The standard InChI is InChI=1S/C16H14N2O3S/c1-21-16(20)12-3-2-4-13(9-12)18-15(19)11-7-5-10(6-8-11)14(17)22/h2-9H,1H3,(H2,17,22)(H,18,19). The predicted octanol–water partition coefficient (Wildman–Crippen LogP) is 2.36. The van der Waals surface area contributed by atoms with E-state index in [1.165, 1.54) is 7.11 Å². The van der Waals surface area contributed by atoms with E-state index in [1.807, 2.05) is 0 Å². The van der Waals surface area contributed by atoms with Crippen molar-refractivity contribution >= 4 is 34.8 Å². The maximum atomic E-state index is 12.2. The van der Waals surface area contributed by atoms with Gasteiger partial charge in [0.2, 0.25) is 0 Å². The van der Waals surface area contributed by atoms with Crippen LogP contribution >= 0.6 is 12.2 Å². The average Bonchev–Trinajstić information content (AvgIpc) is 2.54. The molecule has 0 unspecified atom stereocenters. The third kappa shape index (κ3) is 3.67. The first-order valence-electron chi connectivity index (χ1n) is 6.41. The molecule has 0 fully saturated rings. The molecule has 0 bridgehead atoms. The van der Waals surface area contributed by atoms with Crippen molar-refractivity contribution in [3.8, 4) is 0 Å². The zero-order valence-electron chi connectivity index (χ0n) is 11.8. The van der Waals surface area contributed by atoms with E-state index in [0.29, 0.717) is 22.4 Å². The second-order valence-electron chi connectivity index (χ2n) is 4.47. The summed E-state index contributed by atoms with van der Waals surface area (Å²) in [6.45, 7) is 0. The van der Waals surface area contributed by atoms with Crippen molar-refractivity contribution in [1.82, 2.24) is 0 Å². The van der Waals surface area contributed by atoms with Gasteiger partial charge in [-0.15, -0.1) is 0 Å². The highest BCUT2D eigenvalue weighted by Gasteiger charge is 2.09. The van der Waals surface area contributed by atoms with Crippen LogP contribution in [0, 0.1) is 0 Å². The lowest BCUT2D eigenvalue weighted by atomic mass is 10.1. The van der Waals surface area contributed by atoms with Crippen LogP contribution in [0.3, 0.4) is 0 Å². The molecule has 0 aliphatic rings. The minimum atomic E-state index is -0.461. The zero-order valence-corrected chi connectivity index (χ0v) is 12.6. The fourth-order valence-electron chi connectivity index (χ4n) is 1.83. The molecule has 0 radical (unpaired) electrons. The summed E-state index contributed by atoms with van der Waals surface area (Å²) >= 11 is 4.86. The molecule has 0 spiro atoms. The Morgan fingerprint density at radius 1 is 1.05 bits per heavy atom. The number of carbonyl (C=O) groups is 2. The van der Waals surface area contributed by atoms with E-state index in [0.717, 1.165) is 0 Å². The number of rotatable bonds is 4. The second-order valence-corrected chi connectivity index (χ2v) is 4.91. The number of anilines is 1. The van der Waals surface area contributed by atoms with Gasteiger partial charge in [-0.05, 0) is 30.3 Å². The van der Waals surface area contributed by atoms with E-state index in [9.17, 15) is 9.59 Å². The number of ether oxygens (including phenoxy) is 1. The molecule has 0 saturated heterocycles. The molecule has 2 rings (SSSR count). The van der Waals surface area contributed by atoms with Crippen LogP contribution in [0.5, 0.6) is 0 Å². The van der Waals surface area contributed by atoms with Gasteiger partial charge in [-0.25, -0.2) is 4.79 Å². The van der Waals surface area contributed by atoms with Gasteiger partial charge in [-0.1, -0.05) is 30.4 Å². The van der Waals surface area contributed by atoms with Gasteiger partial charge in [0.15, 0.2) is 0 Å². The van der Waals surface area contributed by atoms with Crippen LogP contribution in [0.25, 0.3) is 0 Å². The number of esters is 1. The molecule has 0 aliphatic carbocycles. The molecule has 0 aliphatic heterocycles. The first kappa shape index (κ1) is 15.7. The lowest BCUT2D eigenvalue weighted by molar-refractivity contribution is 0.0600. The maximum absolute atomic E-state index is 12.2. The van der Waals surface area contributed by atoms with Crippen molar-refractivity contribution in [3.05, 3.63) is 65.2 Å². The van der Waals surface area contributed by atoms with Gasteiger partial charge in [-0.3, -0.25) is 4.79 Å². The Morgan fingerprint density at radius 3 is 2.27 bits per heavy atom. The molecule has 2 aromatic rings. The van der Waals surface area contributed by atoms with Gasteiger partial charge in [-0.2, -0.15) is 0 Å². The number of hydrogen-bond acceptors (Lipinski definition) is 4. The molecular weight excluding hydrogens is 300 g/mol. The monoisotopic (exact) mass is 314 g/mol. The number of nitrogens with one attached hydrogen (secondary N) is 1. The normalized spacial score (nSPS) is 9.86. The Hall–Kier alpha value is -2.73. The molecular formula is C16H14N2O3S. The molecule has 0 saturated carbocycles.